The van der Waals surface area contributed by atoms with E-state index in [1.165, 1.54) is 29.5 Å². The highest BCUT2D eigenvalue weighted by Crippen LogP contribution is 2.19. The maximum atomic E-state index is 13.2. The predicted octanol–water partition coefficient (Wildman–Crippen LogP) is 4.28. The van der Waals surface area contributed by atoms with Gasteiger partial charge in [-0.1, -0.05) is 12.1 Å². The number of thiophene rings is 1. The van der Waals surface area contributed by atoms with Gasteiger partial charge in [-0.05, 0) is 48.2 Å². The van der Waals surface area contributed by atoms with E-state index >= 15 is 0 Å². The van der Waals surface area contributed by atoms with Crippen molar-refractivity contribution in [1.29, 1.82) is 0 Å². The van der Waals surface area contributed by atoms with Crippen molar-refractivity contribution in [2.24, 2.45) is 0 Å². The molecule has 7 nitrogen and oxygen atoms in total. The fourth-order valence-electron chi connectivity index (χ4n) is 3.41. The number of pyridine rings is 1. The number of halogens is 1. The van der Waals surface area contributed by atoms with Gasteiger partial charge in [-0.2, -0.15) is 0 Å². The number of amides is 3. The van der Waals surface area contributed by atoms with Crippen LogP contribution in [0.2, 0.25) is 0 Å². The standard InChI is InChI=1S/C22H22FN5O2S/c23-16-4-1-5-17(14-16)25-22(30)26-18-7-8-20(24-15-18)27-9-3-10-28(12-11-27)21(29)19-6-2-13-31-19/h1-2,4-8,13-15H,3,9-12H2,(H2,25,26,30). The summed E-state index contributed by atoms with van der Waals surface area (Å²) in [6, 6.07) is 12.6. The Labute approximate surface area is 183 Å². The quantitative estimate of drug-likeness (QED) is 0.636. The van der Waals surface area contributed by atoms with Gasteiger partial charge in [-0.3, -0.25) is 4.79 Å². The lowest BCUT2D eigenvalue weighted by atomic mass is 10.3. The molecule has 1 saturated heterocycles. The summed E-state index contributed by atoms with van der Waals surface area (Å²) < 4.78 is 13.2. The summed E-state index contributed by atoms with van der Waals surface area (Å²) >= 11 is 1.46. The van der Waals surface area contributed by atoms with E-state index in [-0.39, 0.29) is 5.91 Å². The van der Waals surface area contributed by atoms with Crippen molar-refractivity contribution < 1.29 is 14.0 Å². The third-order valence-electron chi connectivity index (χ3n) is 4.93. The molecular weight excluding hydrogens is 417 g/mol. The number of carbonyl (C=O) groups excluding carboxylic acids is 2. The van der Waals surface area contributed by atoms with Crippen LogP contribution in [0.1, 0.15) is 16.1 Å². The van der Waals surface area contributed by atoms with Crippen LogP contribution >= 0.6 is 11.3 Å². The fraction of sp³-hybridized carbons (Fsp3) is 0.227. The number of aromatic nitrogens is 1. The van der Waals surface area contributed by atoms with Crippen LogP contribution in [0.5, 0.6) is 0 Å². The van der Waals surface area contributed by atoms with E-state index in [1.54, 1.807) is 18.3 Å². The number of urea groups is 1. The molecule has 3 heterocycles. The molecule has 160 valence electrons. The minimum absolute atomic E-state index is 0.0775. The lowest BCUT2D eigenvalue weighted by molar-refractivity contribution is 0.0772. The van der Waals surface area contributed by atoms with Crippen molar-refractivity contribution in [3.63, 3.8) is 0 Å². The van der Waals surface area contributed by atoms with Gasteiger partial charge in [0.05, 0.1) is 16.8 Å². The maximum Gasteiger partial charge on any atom is 0.323 e. The molecule has 9 heteroatoms. The molecule has 2 N–H and O–H groups in total. The predicted molar refractivity (Wildman–Crippen MR) is 120 cm³/mol. The second kappa shape index (κ2) is 9.57. The van der Waals surface area contributed by atoms with Gasteiger partial charge in [0, 0.05) is 31.9 Å². The van der Waals surface area contributed by atoms with Gasteiger partial charge < -0.3 is 20.4 Å². The van der Waals surface area contributed by atoms with Crippen LogP contribution in [0.15, 0.2) is 60.1 Å². The van der Waals surface area contributed by atoms with Crippen LogP contribution in [0.3, 0.4) is 0 Å². The molecule has 2 aromatic heterocycles. The molecule has 0 radical (unpaired) electrons. The molecule has 4 rings (SSSR count). The van der Waals surface area contributed by atoms with Crippen molar-refractivity contribution >= 4 is 40.5 Å². The van der Waals surface area contributed by atoms with Crippen molar-refractivity contribution in [2.75, 3.05) is 41.7 Å². The molecule has 0 unspecified atom stereocenters. The zero-order valence-corrected chi connectivity index (χ0v) is 17.6. The second-order valence-electron chi connectivity index (χ2n) is 7.10. The van der Waals surface area contributed by atoms with Gasteiger partial charge in [0.15, 0.2) is 0 Å². The third-order valence-corrected chi connectivity index (χ3v) is 5.79. The normalized spacial score (nSPS) is 14.1. The molecule has 3 aromatic rings. The Balaban J connectivity index is 1.32. The third kappa shape index (κ3) is 5.37. The van der Waals surface area contributed by atoms with E-state index in [1.807, 2.05) is 28.5 Å². The Morgan fingerprint density at radius 2 is 1.84 bits per heavy atom. The minimum Gasteiger partial charge on any atom is -0.355 e. The Bertz CT molecular complexity index is 1040. The summed E-state index contributed by atoms with van der Waals surface area (Å²) in [7, 11) is 0. The highest BCUT2D eigenvalue weighted by molar-refractivity contribution is 7.12. The molecule has 1 aliphatic rings. The molecule has 0 bridgehead atoms. The van der Waals surface area contributed by atoms with Crippen molar-refractivity contribution in [3.8, 4) is 0 Å². The summed E-state index contributed by atoms with van der Waals surface area (Å²) in [5.74, 6) is 0.451. The van der Waals surface area contributed by atoms with Crippen molar-refractivity contribution in [3.05, 3.63) is 70.8 Å². The number of rotatable bonds is 4. The van der Waals surface area contributed by atoms with Gasteiger partial charge in [0.25, 0.3) is 5.91 Å². The number of nitrogens with zero attached hydrogens (tertiary/aromatic N) is 3. The van der Waals surface area contributed by atoms with E-state index in [0.717, 1.165) is 23.7 Å². The average molecular weight is 440 g/mol. The monoisotopic (exact) mass is 439 g/mol. The smallest absolute Gasteiger partial charge is 0.323 e. The fourth-order valence-corrected chi connectivity index (χ4v) is 4.10. The average Bonchev–Trinajstić information content (AvgIpc) is 3.19. The van der Waals surface area contributed by atoms with E-state index in [0.29, 0.717) is 31.0 Å². The molecule has 1 aromatic carbocycles. The number of nitrogens with one attached hydrogen (secondary N) is 2. The van der Waals surface area contributed by atoms with E-state index in [2.05, 4.69) is 20.5 Å². The highest BCUT2D eigenvalue weighted by Gasteiger charge is 2.21. The summed E-state index contributed by atoms with van der Waals surface area (Å²) in [6.45, 7) is 2.84. The van der Waals surface area contributed by atoms with E-state index in [4.69, 9.17) is 0 Å². The van der Waals surface area contributed by atoms with Crippen LogP contribution in [0, 0.1) is 5.82 Å². The van der Waals surface area contributed by atoms with Crippen molar-refractivity contribution in [2.45, 2.75) is 6.42 Å². The lowest BCUT2D eigenvalue weighted by Gasteiger charge is -2.22. The molecule has 1 fully saturated rings. The topological polar surface area (TPSA) is 77.6 Å². The summed E-state index contributed by atoms with van der Waals surface area (Å²) in [4.78, 5) is 33.9. The molecule has 0 aliphatic carbocycles. The van der Waals surface area contributed by atoms with Crippen LogP contribution < -0.4 is 15.5 Å². The summed E-state index contributed by atoms with van der Waals surface area (Å²) in [5, 5.41) is 7.18. The van der Waals surface area contributed by atoms with Gasteiger partial charge in [-0.25, -0.2) is 14.2 Å². The van der Waals surface area contributed by atoms with Crippen LogP contribution in [0.25, 0.3) is 0 Å². The first-order valence-electron chi connectivity index (χ1n) is 9.96. The molecule has 0 saturated carbocycles. The number of anilines is 3. The van der Waals surface area contributed by atoms with Gasteiger partial charge in [0.1, 0.15) is 11.6 Å². The Kier molecular flexibility index (Phi) is 6.42. The Morgan fingerprint density at radius 3 is 2.58 bits per heavy atom. The van der Waals surface area contributed by atoms with Crippen LogP contribution in [-0.4, -0.2) is 48.0 Å². The zero-order chi connectivity index (χ0) is 21.6. The largest absolute Gasteiger partial charge is 0.355 e. The Morgan fingerprint density at radius 1 is 0.968 bits per heavy atom. The summed E-state index contributed by atoms with van der Waals surface area (Å²) in [6.07, 6.45) is 2.44. The first-order valence-corrected chi connectivity index (χ1v) is 10.8. The second-order valence-corrected chi connectivity index (χ2v) is 8.05. The SMILES string of the molecule is O=C(Nc1ccc(N2CCCN(C(=O)c3cccs3)CC2)nc1)Nc1cccc(F)c1. The number of hydrogen-bond donors (Lipinski definition) is 2. The van der Waals surface area contributed by atoms with E-state index in [9.17, 15) is 14.0 Å². The zero-order valence-electron chi connectivity index (χ0n) is 16.8. The molecule has 31 heavy (non-hydrogen) atoms. The number of hydrogen-bond acceptors (Lipinski definition) is 5. The van der Waals surface area contributed by atoms with Crippen LogP contribution in [-0.2, 0) is 0 Å². The maximum absolute atomic E-state index is 13.2. The first kappa shape index (κ1) is 20.8. The van der Waals surface area contributed by atoms with Gasteiger partial charge >= 0.3 is 6.03 Å². The number of carbonyl (C=O) groups is 2. The molecule has 3 amide bonds. The number of benzene rings is 1. The van der Waals surface area contributed by atoms with Gasteiger partial charge in [0.2, 0.25) is 0 Å². The molecule has 0 spiro atoms. The molecule has 1 aliphatic heterocycles. The minimum atomic E-state index is -0.474. The van der Waals surface area contributed by atoms with Crippen molar-refractivity contribution in [1.82, 2.24) is 9.88 Å². The first-order chi connectivity index (χ1) is 15.1. The molecular formula is C22H22FN5O2S. The molecule has 0 atom stereocenters. The lowest BCUT2D eigenvalue weighted by Crippen LogP contribution is -2.35. The van der Waals surface area contributed by atoms with Gasteiger partial charge in [-0.15, -0.1) is 11.3 Å². The highest BCUT2D eigenvalue weighted by atomic mass is 32.1. The summed E-state index contributed by atoms with van der Waals surface area (Å²) in [5.41, 5.74) is 0.898. The van der Waals surface area contributed by atoms with E-state index < -0.39 is 11.8 Å². The Hall–Kier alpha value is -3.46. The van der Waals surface area contributed by atoms with Crippen LogP contribution in [0.4, 0.5) is 26.4 Å².